The van der Waals surface area contributed by atoms with Crippen molar-refractivity contribution in [3.63, 3.8) is 0 Å². The van der Waals surface area contributed by atoms with E-state index in [0.29, 0.717) is 12.8 Å². The average Bonchev–Trinajstić information content (AvgIpc) is 2.93. The highest BCUT2D eigenvalue weighted by molar-refractivity contribution is 5.69. The number of hydrogen-bond donors (Lipinski definition) is 1. The van der Waals surface area contributed by atoms with Crippen molar-refractivity contribution in [3.05, 3.63) is 60.8 Å². The number of carbonyl (C=O) groups excluding carboxylic acids is 1. The van der Waals surface area contributed by atoms with E-state index in [-0.39, 0.29) is 18.5 Å². The molecular formula is C36H60O4. The Morgan fingerprint density at radius 1 is 0.600 bits per heavy atom. The number of carboxylic acids is 1. The van der Waals surface area contributed by atoms with Gasteiger partial charge in [0.2, 0.25) is 0 Å². The van der Waals surface area contributed by atoms with Crippen molar-refractivity contribution in [1.82, 2.24) is 0 Å². The summed E-state index contributed by atoms with van der Waals surface area (Å²) in [6.07, 6.45) is 42.5. The third-order valence-electron chi connectivity index (χ3n) is 6.69. The van der Waals surface area contributed by atoms with Crippen LogP contribution in [0.1, 0.15) is 149 Å². The van der Waals surface area contributed by atoms with E-state index in [0.717, 1.165) is 77.0 Å². The van der Waals surface area contributed by atoms with Gasteiger partial charge in [0.15, 0.2) is 0 Å². The third kappa shape index (κ3) is 30.2. The second-order valence-electron chi connectivity index (χ2n) is 10.6. The van der Waals surface area contributed by atoms with Crippen LogP contribution < -0.4 is 0 Å². The molecule has 0 aliphatic rings. The molecule has 0 rings (SSSR count). The van der Waals surface area contributed by atoms with Crippen LogP contribution in [0.2, 0.25) is 0 Å². The molecule has 0 aliphatic heterocycles. The van der Waals surface area contributed by atoms with Gasteiger partial charge in [0.05, 0.1) is 0 Å². The lowest BCUT2D eigenvalue weighted by Gasteiger charge is -2.14. The molecule has 4 heteroatoms. The van der Waals surface area contributed by atoms with Crippen LogP contribution in [-0.2, 0) is 14.3 Å². The monoisotopic (exact) mass is 556 g/mol. The Kier molecular flexibility index (Phi) is 29.3. The summed E-state index contributed by atoms with van der Waals surface area (Å²) in [6.45, 7) is 4.33. The van der Waals surface area contributed by atoms with Crippen molar-refractivity contribution in [2.75, 3.05) is 0 Å². The van der Waals surface area contributed by atoms with Gasteiger partial charge >= 0.3 is 11.9 Å². The summed E-state index contributed by atoms with van der Waals surface area (Å²) in [7, 11) is 0. The van der Waals surface area contributed by atoms with Gasteiger partial charge in [0.1, 0.15) is 6.10 Å². The zero-order chi connectivity index (χ0) is 29.4. The molecule has 0 saturated heterocycles. The van der Waals surface area contributed by atoms with E-state index in [4.69, 9.17) is 9.84 Å². The minimum Gasteiger partial charge on any atom is -0.481 e. The van der Waals surface area contributed by atoms with Crippen LogP contribution in [-0.4, -0.2) is 23.1 Å². The first-order valence-corrected chi connectivity index (χ1v) is 16.3. The first-order valence-electron chi connectivity index (χ1n) is 16.3. The van der Waals surface area contributed by atoms with Crippen LogP contribution in [0.3, 0.4) is 0 Å². The van der Waals surface area contributed by atoms with Crippen LogP contribution in [0.25, 0.3) is 0 Å². The summed E-state index contributed by atoms with van der Waals surface area (Å²) in [6, 6.07) is 0. The SMILES string of the molecule is CC/C=C\C/C=C\C/C=C\CCCCCCCCCC(=O)OC(/C=C\C/C=C\CCC)CCCCCCC(=O)O. The van der Waals surface area contributed by atoms with Gasteiger partial charge in [0.25, 0.3) is 0 Å². The smallest absolute Gasteiger partial charge is 0.306 e. The Balaban J connectivity index is 3.98. The molecule has 0 amide bonds. The molecule has 1 atom stereocenters. The van der Waals surface area contributed by atoms with Gasteiger partial charge in [-0.05, 0) is 76.7 Å². The van der Waals surface area contributed by atoms with Crippen molar-refractivity contribution in [3.8, 4) is 0 Å². The lowest BCUT2D eigenvalue weighted by atomic mass is 10.1. The van der Waals surface area contributed by atoms with Crippen molar-refractivity contribution in [2.45, 2.75) is 155 Å². The summed E-state index contributed by atoms with van der Waals surface area (Å²) >= 11 is 0. The van der Waals surface area contributed by atoms with E-state index < -0.39 is 5.97 Å². The van der Waals surface area contributed by atoms with Gasteiger partial charge in [-0.2, -0.15) is 0 Å². The first-order chi connectivity index (χ1) is 19.6. The van der Waals surface area contributed by atoms with Gasteiger partial charge in [-0.15, -0.1) is 0 Å². The fraction of sp³-hybridized carbons (Fsp3) is 0.667. The lowest BCUT2D eigenvalue weighted by molar-refractivity contribution is -0.147. The van der Waals surface area contributed by atoms with E-state index >= 15 is 0 Å². The Labute approximate surface area is 246 Å². The minimum absolute atomic E-state index is 0.0962. The van der Waals surface area contributed by atoms with Crippen LogP contribution in [0.4, 0.5) is 0 Å². The second-order valence-corrected chi connectivity index (χ2v) is 10.6. The topological polar surface area (TPSA) is 63.6 Å². The van der Waals surface area contributed by atoms with Gasteiger partial charge in [0, 0.05) is 12.8 Å². The highest BCUT2D eigenvalue weighted by Gasteiger charge is 2.11. The van der Waals surface area contributed by atoms with Crippen LogP contribution >= 0.6 is 0 Å². The molecular weight excluding hydrogens is 496 g/mol. The second kappa shape index (κ2) is 31.2. The molecule has 1 N–H and O–H groups in total. The zero-order valence-electron chi connectivity index (χ0n) is 25.9. The maximum atomic E-state index is 12.4. The van der Waals surface area contributed by atoms with Gasteiger partial charge in [-0.3, -0.25) is 9.59 Å². The molecule has 0 fully saturated rings. The molecule has 0 aromatic carbocycles. The van der Waals surface area contributed by atoms with Crippen LogP contribution in [0, 0.1) is 0 Å². The first kappa shape index (κ1) is 37.6. The number of esters is 1. The molecule has 1 unspecified atom stereocenters. The average molecular weight is 557 g/mol. The Hall–Kier alpha value is -2.36. The molecule has 0 saturated carbocycles. The molecule has 0 bridgehead atoms. The molecule has 0 aromatic heterocycles. The van der Waals surface area contributed by atoms with Crippen molar-refractivity contribution < 1.29 is 19.4 Å². The molecule has 228 valence electrons. The Morgan fingerprint density at radius 3 is 1.77 bits per heavy atom. The van der Waals surface area contributed by atoms with Crippen molar-refractivity contribution in [1.29, 1.82) is 0 Å². The molecule has 0 heterocycles. The predicted molar refractivity (Wildman–Crippen MR) is 172 cm³/mol. The number of carbonyl (C=O) groups is 2. The summed E-state index contributed by atoms with van der Waals surface area (Å²) < 4.78 is 5.79. The van der Waals surface area contributed by atoms with Gasteiger partial charge < -0.3 is 9.84 Å². The number of unbranched alkanes of at least 4 members (excludes halogenated alkanes) is 11. The predicted octanol–water partition coefficient (Wildman–Crippen LogP) is 11.0. The van der Waals surface area contributed by atoms with Gasteiger partial charge in [-0.25, -0.2) is 0 Å². The number of rotatable bonds is 28. The Morgan fingerprint density at radius 2 is 1.12 bits per heavy atom. The maximum Gasteiger partial charge on any atom is 0.306 e. The maximum absolute atomic E-state index is 12.4. The standard InChI is InChI=1S/C36H60O4/c1-3-5-7-9-11-12-13-14-15-16-17-18-19-20-21-23-29-33-36(39)40-34(30-26-22-10-8-6-4-2)31-27-24-25-28-32-35(37)38/h5,7-8,10-12,14-15,26,30,34H,3-4,6,9,13,16-25,27-29,31-33H2,1-2H3,(H,37,38)/b7-5-,10-8-,12-11-,15-14-,30-26-. The minimum atomic E-state index is -0.732. The summed E-state index contributed by atoms with van der Waals surface area (Å²) in [4.78, 5) is 23.1. The molecule has 0 spiro atoms. The molecule has 40 heavy (non-hydrogen) atoms. The van der Waals surface area contributed by atoms with Crippen LogP contribution in [0.15, 0.2) is 60.8 Å². The van der Waals surface area contributed by atoms with E-state index in [1.165, 1.54) is 38.5 Å². The quantitative estimate of drug-likeness (QED) is 0.0591. The normalized spacial score (nSPS) is 13.1. The molecule has 4 nitrogen and oxygen atoms in total. The number of carboxylic acid groups (broad SMARTS) is 1. The number of allylic oxidation sites excluding steroid dienone is 9. The van der Waals surface area contributed by atoms with Crippen LogP contribution in [0.5, 0.6) is 0 Å². The van der Waals surface area contributed by atoms with E-state index in [1.54, 1.807) is 0 Å². The van der Waals surface area contributed by atoms with E-state index in [1.807, 2.05) is 6.08 Å². The van der Waals surface area contributed by atoms with Crippen molar-refractivity contribution >= 4 is 11.9 Å². The molecule has 0 radical (unpaired) electrons. The lowest BCUT2D eigenvalue weighted by Crippen LogP contribution is -2.16. The van der Waals surface area contributed by atoms with Gasteiger partial charge in [-0.1, -0.05) is 120 Å². The summed E-state index contributed by atoms with van der Waals surface area (Å²) in [5.41, 5.74) is 0. The summed E-state index contributed by atoms with van der Waals surface area (Å²) in [5, 5.41) is 8.77. The Bertz CT molecular complexity index is 729. The van der Waals surface area contributed by atoms with Crippen molar-refractivity contribution in [2.24, 2.45) is 0 Å². The largest absolute Gasteiger partial charge is 0.481 e. The highest BCUT2D eigenvalue weighted by Crippen LogP contribution is 2.14. The zero-order valence-corrected chi connectivity index (χ0v) is 25.9. The van der Waals surface area contributed by atoms with E-state index in [2.05, 4.69) is 68.5 Å². The number of aliphatic carboxylic acids is 1. The fourth-order valence-electron chi connectivity index (χ4n) is 4.33. The molecule has 0 aliphatic carbocycles. The summed E-state index contributed by atoms with van der Waals surface area (Å²) in [5.74, 6) is -0.828. The third-order valence-corrected chi connectivity index (χ3v) is 6.69. The molecule has 0 aromatic rings. The fourth-order valence-corrected chi connectivity index (χ4v) is 4.33. The highest BCUT2D eigenvalue weighted by atomic mass is 16.5. The number of hydrogen-bond acceptors (Lipinski definition) is 3. The van der Waals surface area contributed by atoms with E-state index in [9.17, 15) is 9.59 Å². The number of ether oxygens (including phenoxy) is 1.